The van der Waals surface area contributed by atoms with E-state index in [-0.39, 0.29) is 0 Å². The maximum Gasteiger partial charge on any atom is 0.161 e. The van der Waals surface area contributed by atoms with Crippen LogP contribution in [0.5, 0.6) is 0 Å². The summed E-state index contributed by atoms with van der Waals surface area (Å²) in [5.41, 5.74) is 4.25. The maximum absolute atomic E-state index is 4.66. The van der Waals surface area contributed by atoms with E-state index in [0.717, 1.165) is 17.3 Å². The molecule has 1 heterocycles. The van der Waals surface area contributed by atoms with Crippen molar-refractivity contribution < 1.29 is 0 Å². The first-order valence-electron chi connectivity index (χ1n) is 6.44. The fourth-order valence-corrected chi connectivity index (χ4v) is 3.54. The molecule has 1 aromatic rings. The molecule has 17 heavy (non-hydrogen) atoms. The lowest BCUT2D eigenvalue weighted by Gasteiger charge is -2.07. The molecule has 1 aliphatic carbocycles. The summed E-state index contributed by atoms with van der Waals surface area (Å²) < 4.78 is 0. The average Bonchev–Trinajstić information content (AvgIpc) is 2.96. The van der Waals surface area contributed by atoms with Crippen LogP contribution in [0.15, 0.2) is 23.2 Å². The van der Waals surface area contributed by atoms with Crippen LogP contribution in [0.2, 0.25) is 0 Å². The van der Waals surface area contributed by atoms with Crippen molar-refractivity contribution in [3.8, 4) is 0 Å². The number of thioether (sulfide) groups is 1. The highest BCUT2D eigenvalue weighted by molar-refractivity contribution is 8.14. The van der Waals surface area contributed by atoms with Crippen LogP contribution in [0, 0.1) is 0 Å². The summed E-state index contributed by atoms with van der Waals surface area (Å²) >= 11 is 1.84. The molecule has 0 bridgehead atoms. The number of hydrogen-bond donors (Lipinski definition) is 1. The van der Waals surface area contributed by atoms with E-state index in [0.29, 0.717) is 6.04 Å². The Morgan fingerprint density at radius 2 is 2.24 bits per heavy atom. The molecule has 2 nitrogen and oxygen atoms in total. The van der Waals surface area contributed by atoms with Crippen molar-refractivity contribution in [3.63, 3.8) is 0 Å². The van der Waals surface area contributed by atoms with E-state index in [1.807, 2.05) is 11.8 Å². The van der Waals surface area contributed by atoms with E-state index in [1.54, 1.807) is 0 Å². The quantitative estimate of drug-likeness (QED) is 0.864. The SMILES string of the molecule is CCC1CSC(Nc2ccc3c(c2)CCC3)=N1. The first-order chi connectivity index (χ1) is 8.35. The van der Waals surface area contributed by atoms with Crippen molar-refractivity contribution >= 4 is 22.6 Å². The Kier molecular flexibility index (Phi) is 3.10. The van der Waals surface area contributed by atoms with Gasteiger partial charge in [0.05, 0.1) is 6.04 Å². The van der Waals surface area contributed by atoms with Gasteiger partial charge in [-0.1, -0.05) is 24.8 Å². The van der Waals surface area contributed by atoms with E-state index in [1.165, 1.54) is 36.1 Å². The Morgan fingerprint density at radius 3 is 3.06 bits per heavy atom. The molecule has 0 radical (unpaired) electrons. The number of amidine groups is 1. The van der Waals surface area contributed by atoms with Crippen LogP contribution >= 0.6 is 11.8 Å². The Labute approximate surface area is 107 Å². The van der Waals surface area contributed by atoms with Crippen molar-refractivity contribution in [1.29, 1.82) is 0 Å². The van der Waals surface area contributed by atoms with Crippen LogP contribution < -0.4 is 5.32 Å². The zero-order valence-corrected chi connectivity index (χ0v) is 11.0. The van der Waals surface area contributed by atoms with Crippen LogP contribution in [0.3, 0.4) is 0 Å². The molecule has 0 saturated heterocycles. The second-order valence-corrected chi connectivity index (χ2v) is 5.78. The molecule has 2 aliphatic rings. The minimum absolute atomic E-state index is 0.511. The zero-order chi connectivity index (χ0) is 11.7. The standard InChI is InChI=1S/C14H18N2S/c1-2-12-9-17-14(15-12)16-13-7-6-10-4-3-5-11(10)8-13/h6-8,12H,2-5,9H2,1H3,(H,15,16). The van der Waals surface area contributed by atoms with E-state index in [4.69, 9.17) is 0 Å². The first-order valence-corrected chi connectivity index (χ1v) is 7.43. The lowest BCUT2D eigenvalue weighted by atomic mass is 10.1. The van der Waals surface area contributed by atoms with E-state index >= 15 is 0 Å². The molecule has 3 heteroatoms. The van der Waals surface area contributed by atoms with Crippen molar-refractivity contribution in [2.24, 2.45) is 4.99 Å². The Morgan fingerprint density at radius 1 is 1.35 bits per heavy atom. The molecule has 90 valence electrons. The Balaban J connectivity index is 1.73. The number of fused-ring (bicyclic) bond motifs is 1. The predicted octanol–water partition coefficient (Wildman–Crippen LogP) is 3.47. The third kappa shape index (κ3) is 2.34. The van der Waals surface area contributed by atoms with Crippen molar-refractivity contribution in [2.45, 2.75) is 38.6 Å². The summed E-state index contributed by atoms with van der Waals surface area (Å²) in [6.07, 6.45) is 4.94. The van der Waals surface area contributed by atoms with Gasteiger partial charge in [0, 0.05) is 11.4 Å². The molecular formula is C14H18N2S. The Bertz CT molecular complexity index is 454. The first kappa shape index (κ1) is 11.1. The van der Waals surface area contributed by atoms with Crippen LogP contribution in [0.4, 0.5) is 5.69 Å². The average molecular weight is 246 g/mol. The minimum atomic E-state index is 0.511. The lowest BCUT2D eigenvalue weighted by molar-refractivity contribution is 0.738. The number of benzene rings is 1. The largest absolute Gasteiger partial charge is 0.335 e. The monoisotopic (exact) mass is 246 g/mol. The second-order valence-electron chi connectivity index (χ2n) is 4.77. The topological polar surface area (TPSA) is 24.4 Å². The fourth-order valence-electron chi connectivity index (χ4n) is 2.47. The third-order valence-corrected chi connectivity index (χ3v) is 4.57. The van der Waals surface area contributed by atoms with Crippen molar-refractivity contribution in [1.82, 2.24) is 0 Å². The molecule has 1 aromatic carbocycles. The highest BCUT2D eigenvalue weighted by Crippen LogP contribution is 2.27. The summed E-state index contributed by atoms with van der Waals surface area (Å²) in [7, 11) is 0. The number of hydrogen-bond acceptors (Lipinski definition) is 3. The summed E-state index contributed by atoms with van der Waals surface area (Å²) in [4.78, 5) is 4.66. The normalized spacial score (nSPS) is 22.4. The van der Waals surface area contributed by atoms with Crippen LogP contribution in [-0.2, 0) is 12.8 Å². The van der Waals surface area contributed by atoms with Gasteiger partial charge in [-0.15, -0.1) is 0 Å². The number of anilines is 1. The molecule has 0 saturated carbocycles. The smallest absolute Gasteiger partial charge is 0.161 e. The van der Waals surface area contributed by atoms with Gasteiger partial charge in [-0.3, -0.25) is 4.99 Å². The molecular weight excluding hydrogens is 228 g/mol. The van der Waals surface area contributed by atoms with Crippen molar-refractivity contribution in [2.75, 3.05) is 11.1 Å². The molecule has 0 aromatic heterocycles. The fraction of sp³-hybridized carbons (Fsp3) is 0.500. The van der Waals surface area contributed by atoms with Gasteiger partial charge in [0.1, 0.15) is 0 Å². The molecule has 1 unspecified atom stereocenters. The molecule has 1 N–H and O–H groups in total. The molecule has 1 aliphatic heterocycles. The maximum atomic E-state index is 4.66. The van der Waals surface area contributed by atoms with Gasteiger partial charge < -0.3 is 5.32 Å². The highest BCUT2D eigenvalue weighted by Gasteiger charge is 2.17. The van der Waals surface area contributed by atoms with E-state index in [2.05, 4.69) is 35.4 Å². The van der Waals surface area contributed by atoms with Gasteiger partial charge in [0.15, 0.2) is 5.17 Å². The summed E-state index contributed by atoms with van der Waals surface area (Å²) in [6, 6.07) is 7.26. The van der Waals surface area contributed by atoms with Crippen LogP contribution in [-0.4, -0.2) is 17.0 Å². The number of nitrogens with zero attached hydrogens (tertiary/aromatic N) is 1. The minimum Gasteiger partial charge on any atom is -0.335 e. The van der Waals surface area contributed by atoms with Gasteiger partial charge >= 0.3 is 0 Å². The Hall–Kier alpha value is -0.960. The van der Waals surface area contributed by atoms with Crippen LogP contribution in [0.1, 0.15) is 30.9 Å². The number of aliphatic imine (C=N–C) groups is 1. The number of nitrogens with one attached hydrogen (secondary N) is 1. The second kappa shape index (κ2) is 4.73. The van der Waals surface area contributed by atoms with E-state index < -0.39 is 0 Å². The molecule has 0 fully saturated rings. The number of aryl methyl sites for hydroxylation is 2. The molecule has 0 spiro atoms. The summed E-state index contributed by atoms with van der Waals surface area (Å²) in [6.45, 7) is 2.20. The van der Waals surface area contributed by atoms with Gasteiger partial charge in [0.25, 0.3) is 0 Å². The molecule has 0 amide bonds. The van der Waals surface area contributed by atoms with Gasteiger partial charge in [0.2, 0.25) is 0 Å². The van der Waals surface area contributed by atoms with Gasteiger partial charge in [-0.25, -0.2) is 0 Å². The molecule has 3 rings (SSSR count). The highest BCUT2D eigenvalue weighted by atomic mass is 32.2. The predicted molar refractivity (Wildman–Crippen MR) is 76.1 cm³/mol. The zero-order valence-electron chi connectivity index (χ0n) is 10.2. The lowest BCUT2D eigenvalue weighted by Crippen LogP contribution is -2.05. The summed E-state index contributed by atoms with van der Waals surface area (Å²) in [5, 5.41) is 4.54. The molecule has 1 atom stereocenters. The van der Waals surface area contributed by atoms with Gasteiger partial charge in [-0.2, -0.15) is 0 Å². The van der Waals surface area contributed by atoms with E-state index in [9.17, 15) is 0 Å². The third-order valence-electron chi connectivity index (χ3n) is 3.53. The summed E-state index contributed by atoms with van der Waals surface area (Å²) in [5.74, 6) is 1.13. The number of rotatable bonds is 2. The van der Waals surface area contributed by atoms with Crippen LogP contribution in [0.25, 0.3) is 0 Å². The van der Waals surface area contributed by atoms with Crippen molar-refractivity contribution in [3.05, 3.63) is 29.3 Å². The van der Waals surface area contributed by atoms with Gasteiger partial charge in [-0.05, 0) is 48.9 Å².